The molecule has 0 saturated carbocycles. The van der Waals surface area contributed by atoms with Gasteiger partial charge in [-0.15, -0.1) is 0 Å². The van der Waals surface area contributed by atoms with Crippen molar-refractivity contribution in [1.82, 2.24) is 5.32 Å². The molecule has 0 unspecified atom stereocenters. The van der Waals surface area contributed by atoms with Gasteiger partial charge in [-0.05, 0) is 61.7 Å². The molecule has 0 spiro atoms. The first-order chi connectivity index (χ1) is 12.4. The molecule has 0 heterocycles. The van der Waals surface area contributed by atoms with Crippen LogP contribution >= 0.6 is 15.9 Å². The lowest BCUT2D eigenvalue weighted by atomic mass is 10.1. The summed E-state index contributed by atoms with van der Waals surface area (Å²) in [5.41, 5.74) is 2.99. The van der Waals surface area contributed by atoms with E-state index in [0.717, 1.165) is 22.0 Å². The molecule has 0 aliphatic rings. The number of nitrogens with one attached hydrogen (secondary N) is 2. The van der Waals surface area contributed by atoms with E-state index in [1.165, 1.54) is 0 Å². The lowest BCUT2D eigenvalue weighted by Gasteiger charge is -2.13. The van der Waals surface area contributed by atoms with Gasteiger partial charge in [0.1, 0.15) is 5.75 Å². The summed E-state index contributed by atoms with van der Waals surface area (Å²) in [6, 6.07) is 10.7. The number of amides is 2. The molecule has 5 nitrogen and oxygen atoms in total. The first-order valence-corrected chi connectivity index (χ1v) is 9.27. The van der Waals surface area contributed by atoms with E-state index in [4.69, 9.17) is 4.74 Å². The van der Waals surface area contributed by atoms with Gasteiger partial charge >= 0.3 is 0 Å². The highest BCUT2D eigenvalue weighted by Crippen LogP contribution is 2.27. The van der Waals surface area contributed by atoms with Crippen molar-refractivity contribution in [2.45, 2.75) is 27.2 Å². The minimum Gasteiger partial charge on any atom is -0.483 e. The van der Waals surface area contributed by atoms with Crippen LogP contribution in [0.15, 0.2) is 40.9 Å². The van der Waals surface area contributed by atoms with Crippen molar-refractivity contribution >= 4 is 33.4 Å². The second kappa shape index (κ2) is 9.38. The Morgan fingerprint density at radius 3 is 2.46 bits per heavy atom. The van der Waals surface area contributed by atoms with E-state index in [1.54, 1.807) is 24.3 Å². The first-order valence-electron chi connectivity index (χ1n) is 8.48. The molecular weight excluding hydrogens is 396 g/mol. The van der Waals surface area contributed by atoms with E-state index < -0.39 is 0 Å². The Labute approximate surface area is 162 Å². The molecule has 2 aromatic rings. The van der Waals surface area contributed by atoms with Gasteiger partial charge in [0.15, 0.2) is 6.61 Å². The van der Waals surface area contributed by atoms with Gasteiger partial charge in [-0.2, -0.15) is 0 Å². The minimum absolute atomic E-state index is 0.102. The van der Waals surface area contributed by atoms with Crippen LogP contribution in [0.4, 0.5) is 5.69 Å². The van der Waals surface area contributed by atoms with Gasteiger partial charge in [-0.25, -0.2) is 0 Å². The van der Waals surface area contributed by atoms with Gasteiger partial charge < -0.3 is 15.4 Å². The van der Waals surface area contributed by atoms with E-state index >= 15 is 0 Å². The molecule has 0 aliphatic heterocycles. The molecular formula is C20H23BrN2O3. The predicted molar refractivity (Wildman–Crippen MR) is 107 cm³/mol. The van der Waals surface area contributed by atoms with Crippen molar-refractivity contribution in [3.8, 4) is 5.75 Å². The van der Waals surface area contributed by atoms with E-state index in [-0.39, 0.29) is 18.4 Å². The number of anilines is 1. The van der Waals surface area contributed by atoms with Gasteiger partial charge in [-0.1, -0.05) is 28.9 Å². The van der Waals surface area contributed by atoms with Crippen molar-refractivity contribution in [1.29, 1.82) is 0 Å². The fourth-order valence-electron chi connectivity index (χ4n) is 2.54. The number of hydrogen-bond acceptors (Lipinski definition) is 3. The average molecular weight is 419 g/mol. The monoisotopic (exact) mass is 418 g/mol. The predicted octanol–water partition coefficient (Wildman–Crippen LogP) is 4.22. The van der Waals surface area contributed by atoms with Crippen molar-refractivity contribution in [3.63, 3.8) is 0 Å². The van der Waals surface area contributed by atoms with Crippen LogP contribution in [0.3, 0.4) is 0 Å². The molecule has 0 fully saturated rings. The molecule has 138 valence electrons. The SMILES string of the molecule is CCCNC(=O)c1cccc(NC(=O)COc2c(C)cc(Br)cc2C)c1. The Morgan fingerprint density at radius 1 is 1.12 bits per heavy atom. The molecule has 2 amide bonds. The summed E-state index contributed by atoms with van der Waals surface area (Å²) in [4.78, 5) is 24.2. The quantitative estimate of drug-likeness (QED) is 0.706. The molecule has 0 bridgehead atoms. The third-order valence-corrected chi connectivity index (χ3v) is 4.17. The lowest BCUT2D eigenvalue weighted by molar-refractivity contribution is -0.118. The topological polar surface area (TPSA) is 67.4 Å². The molecule has 0 aliphatic carbocycles. The Balaban J connectivity index is 1.97. The van der Waals surface area contributed by atoms with Crippen molar-refractivity contribution in [2.24, 2.45) is 0 Å². The van der Waals surface area contributed by atoms with Crippen LogP contribution in [0.25, 0.3) is 0 Å². The number of aryl methyl sites for hydroxylation is 2. The molecule has 6 heteroatoms. The van der Waals surface area contributed by atoms with Gasteiger partial charge in [0, 0.05) is 22.3 Å². The van der Waals surface area contributed by atoms with Gasteiger partial charge in [0.05, 0.1) is 0 Å². The van der Waals surface area contributed by atoms with Crippen LogP contribution in [0.2, 0.25) is 0 Å². The van der Waals surface area contributed by atoms with E-state index in [1.807, 2.05) is 32.9 Å². The highest BCUT2D eigenvalue weighted by molar-refractivity contribution is 9.10. The molecule has 2 N–H and O–H groups in total. The third-order valence-electron chi connectivity index (χ3n) is 3.72. The summed E-state index contributed by atoms with van der Waals surface area (Å²) in [7, 11) is 0. The zero-order valence-electron chi connectivity index (χ0n) is 15.2. The Morgan fingerprint density at radius 2 is 1.81 bits per heavy atom. The summed E-state index contributed by atoms with van der Waals surface area (Å²) in [6.07, 6.45) is 0.869. The average Bonchev–Trinajstić information content (AvgIpc) is 2.59. The normalized spacial score (nSPS) is 10.3. The van der Waals surface area contributed by atoms with Crippen LogP contribution < -0.4 is 15.4 Å². The van der Waals surface area contributed by atoms with Crippen molar-refractivity contribution in [2.75, 3.05) is 18.5 Å². The van der Waals surface area contributed by atoms with Crippen LogP contribution in [-0.2, 0) is 4.79 Å². The number of carbonyl (C=O) groups excluding carboxylic acids is 2. The van der Waals surface area contributed by atoms with Crippen LogP contribution in [0.5, 0.6) is 5.75 Å². The summed E-state index contributed by atoms with van der Waals surface area (Å²) in [6.45, 7) is 6.38. The standard InChI is InChI=1S/C20H23BrN2O3/c1-4-8-22-20(25)15-6-5-7-17(11-15)23-18(24)12-26-19-13(2)9-16(21)10-14(19)3/h5-7,9-11H,4,8,12H2,1-3H3,(H,22,25)(H,23,24). The fourth-order valence-corrected chi connectivity index (χ4v) is 3.23. The minimum atomic E-state index is -0.280. The highest BCUT2D eigenvalue weighted by Gasteiger charge is 2.10. The molecule has 26 heavy (non-hydrogen) atoms. The smallest absolute Gasteiger partial charge is 0.262 e. The largest absolute Gasteiger partial charge is 0.483 e. The van der Waals surface area contributed by atoms with Gasteiger partial charge in [0.25, 0.3) is 11.8 Å². The Hall–Kier alpha value is -2.34. The first kappa shape index (κ1) is 20.0. The maximum absolute atomic E-state index is 12.2. The Bertz CT molecular complexity index is 782. The van der Waals surface area contributed by atoms with Gasteiger partial charge in [-0.3, -0.25) is 9.59 Å². The lowest BCUT2D eigenvalue weighted by Crippen LogP contribution is -2.24. The van der Waals surface area contributed by atoms with Crippen molar-refractivity contribution < 1.29 is 14.3 Å². The zero-order chi connectivity index (χ0) is 19.1. The van der Waals surface area contributed by atoms with E-state index in [2.05, 4.69) is 26.6 Å². The summed E-state index contributed by atoms with van der Waals surface area (Å²) >= 11 is 3.44. The summed E-state index contributed by atoms with van der Waals surface area (Å²) < 4.78 is 6.65. The molecule has 0 saturated heterocycles. The van der Waals surface area contributed by atoms with Crippen molar-refractivity contribution in [3.05, 3.63) is 57.6 Å². The molecule has 2 aromatic carbocycles. The molecule has 0 atom stereocenters. The number of ether oxygens (including phenoxy) is 1. The Kier molecular flexibility index (Phi) is 7.21. The maximum Gasteiger partial charge on any atom is 0.262 e. The number of rotatable bonds is 7. The number of halogens is 1. The van der Waals surface area contributed by atoms with Crippen LogP contribution in [0.1, 0.15) is 34.8 Å². The van der Waals surface area contributed by atoms with E-state index in [9.17, 15) is 9.59 Å². The molecule has 0 radical (unpaired) electrons. The number of benzene rings is 2. The summed E-state index contributed by atoms with van der Waals surface area (Å²) in [5.74, 6) is 0.272. The van der Waals surface area contributed by atoms with Crippen LogP contribution in [0, 0.1) is 13.8 Å². The highest BCUT2D eigenvalue weighted by atomic mass is 79.9. The third kappa shape index (κ3) is 5.59. The van der Waals surface area contributed by atoms with E-state index in [0.29, 0.717) is 23.5 Å². The molecule has 0 aromatic heterocycles. The second-order valence-corrected chi connectivity index (χ2v) is 6.96. The summed E-state index contributed by atoms with van der Waals surface area (Å²) in [5, 5.41) is 5.57. The number of carbonyl (C=O) groups is 2. The number of hydrogen-bond donors (Lipinski definition) is 2. The van der Waals surface area contributed by atoms with Crippen LogP contribution in [-0.4, -0.2) is 25.0 Å². The molecule has 2 rings (SSSR count). The maximum atomic E-state index is 12.2. The zero-order valence-corrected chi connectivity index (χ0v) is 16.8. The van der Waals surface area contributed by atoms with Gasteiger partial charge in [0.2, 0.25) is 0 Å². The fraction of sp³-hybridized carbons (Fsp3) is 0.300. The second-order valence-electron chi connectivity index (χ2n) is 6.04.